The molecule has 7 heteroatoms. The first-order valence-corrected chi connectivity index (χ1v) is 10.0. The van der Waals surface area contributed by atoms with Gasteiger partial charge in [0, 0.05) is 31.1 Å². The fourth-order valence-corrected chi connectivity index (χ4v) is 5.22. The maximum absolute atomic E-state index is 12.2. The zero-order valence-electron chi connectivity index (χ0n) is 16.6. The van der Waals surface area contributed by atoms with Gasteiger partial charge in [-0.1, -0.05) is 17.9 Å². The molecule has 0 aromatic heterocycles. The topological polar surface area (TPSA) is 99.2 Å². The molecule has 3 atom stereocenters. The van der Waals surface area contributed by atoms with Gasteiger partial charge in [0.1, 0.15) is 0 Å². The van der Waals surface area contributed by atoms with E-state index in [1.807, 2.05) is 24.1 Å². The van der Waals surface area contributed by atoms with E-state index >= 15 is 0 Å². The molecule has 150 valence electrons. The Morgan fingerprint density at radius 2 is 2.10 bits per heavy atom. The SMILES string of the molecule is CN1CC[C@](O)(C#Cc2ccc3c(c2)C2=NC(C(N)=O)N(C)C2C2CC3C2)C1=O. The number of carbonyl (C=O) groups is 2. The van der Waals surface area contributed by atoms with Gasteiger partial charge < -0.3 is 15.7 Å². The summed E-state index contributed by atoms with van der Waals surface area (Å²) < 4.78 is 0. The van der Waals surface area contributed by atoms with Gasteiger partial charge in [-0.25, -0.2) is 0 Å². The van der Waals surface area contributed by atoms with E-state index in [0.29, 0.717) is 24.8 Å². The average Bonchev–Trinajstić information content (AvgIpc) is 3.02. The van der Waals surface area contributed by atoms with Gasteiger partial charge in [0.15, 0.2) is 6.17 Å². The highest BCUT2D eigenvalue weighted by molar-refractivity contribution is 6.09. The van der Waals surface area contributed by atoms with Crippen LogP contribution in [0.1, 0.15) is 41.9 Å². The number of nitrogens with two attached hydrogens (primary N) is 1. The summed E-state index contributed by atoms with van der Waals surface area (Å²) >= 11 is 0. The van der Waals surface area contributed by atoms with Crippen LogP contribution in [0.2, 0.25) is 0 Å². The Bertz CT molecular complexity index is 1020. The van der Waals surface area contributed by atoms with E-state index in [2.05, 4.69) is 17.9 Å². The van der Waals surface area contributed by atoms with Crippen LogP contribution in [0.3, 0.4) is 0 Å². The normalized spacial score (nSPS) is 35.1. The molecule has 1 aromatic carbocycles. The average molecular weight is 392 g/mol. The summed E-state index contributed by atoms with van der Waals surface area (Å²) in [6.45, 7) is 0.497. The van der Waals surface area contributed by atoms with E-state index in [4.69, 9.17) is 10.7 Å². The highest BCUT2D eigenvalue weighted by atomic mass is 16.3. The third-order valence-electron chi connectivity index (χ3n) is 6.93. The summed E-state index contributed by atoms with van der Waals surface area (Å²) in [6.07, 6.45) is 1.84. The molecule has 3 N–H and O–H groups in total. The van der Waals surface area contributed by atoms with Crippen molar-refractivity contribution in [3.8, 4) is 11.8 Å². The van der Waals surface area contributed by atoms with Gasteiger partial charge in [-0.05, 0) is 49.4 Å². The van der Waals surface area contributed by atoms with Crippen molar-refractivity contribution in [2.45, 2.75) is 43.0 Å². The zero-order chi connectivity index (χ0) is 20.5. The van der Waals surface area contributed by atoms with Crippen molar-refractivity contribution < 1.29 is 14.7 Å². The molecule has 6 rings (SSSR count). The fraction of sp³-hybridized carbons (Fsp3) is 0.500. The molecule has 2 amide bonds. The number of nitrogens with zero attached hydrogens (tertiary/aromatic N) is 3. The number of hydrogen-bond donors (Lipinski definition) is 2. The quantitative estimate of drug-likeness (QED) is 0.660. The molecule has 29 heavy (non-hydrogen) atoms. The number of likely N-dealkylation sites (N-methyl/N-ethyl adjacent to an activating group) is 2. The molecule has 1 aromatic rings. The van der Waals surface area contributed by atoms with Crippen LogP contribution in [0.25, 0.3) is 0 Å². The van der Waals surface area contributed by atoms with Gasteiger partial charge in [0.2, 0.25) is 5.60 Å². The highest BCUT2D eigenvalue weighted by Crippen LogP contribution is 2.51. The maximum Gasteiger partial charge on any atom is 0.267 e. The van der Waals surface area contributed by atoms with Crippen molar-refractivity contribution >= 4 is 17.5 Å². The predicted octanol–water partition coefficient (Wildman–Crippen LogP) is 0.0530. The number of benzene rings is 1. The monoisotopic (exact) mass is 392 g/mol. The summed E-state index contributed by atoms with van der Waals surface area (Å²) in [6, 6.07) is 6.09. The molecule has 7 nitrogen and oxygen atoms in total. The first kappa shape index (κ1) is 18.3. The van der Waals surface area contributed by atoms with E-state index in [1.54, 1.807) is 7.05 Å². The fourth-order valence-electron chi connectivity index (χ4n) is 5.22. The Balaban J connectivity index is 1.55. The third-order valence-corrected chi connectivity index (χ3v) is 6.93. The standard InChI is InChI=1S/C22H24N4O3/c1-25-8-7-22(29,21(25)28)6-5-12-3-4-15-13-10-14(11-13)18-17(16(15)9-12)24-20(19(23)27)26(18)2/h3-4,9,13-14,18,20,29H,7-8,10-11H2,1-2H3,(H2,23,27)/t13?,14?,18?,20?,22-/m1/s1. The zero-order valence-corrected chi connectivity index (χ0v) is 16.6. The molecule has 2 unspecified atom stereocenters. The molecule has 5 aliphatic rings. The summed E-state index contributed by atoms with van der Waals surface area (Å²) in [5.41, 5.74) is 7.85. The van der Waals surface area contributed by atoms with Gasteiger partial charge in [-0.2, -0.15) is 0 Å². The van der Waals surface area contributed by atoms with Crippen LogP contribution in [0.15, 0.2) is 23.2 Å². The Kier molecular flexibility index (Phi) is 3.89. The minimum atomic E-state index is -1.62. The number of aliphatic hydroxyl groups is 1. The van der Waals surface area contributed by atoms with Gasteiger partial charge in [0.25, 0.3) is 11.8 Å². The number of carbonyl (C=O) groups excluding carboxylic acids is 2. The number of hydrogen-bond acceptors (Lipinski definition) is 5. The van der Waals surface area contributed by atoms with E-state index < -0.39 is 17.7 Å². The first-order valence-electron chi connectivity index (χ1n) is 10.0. The molecule has 1 saturated heterocycles. The van der Waals surface area contributed by atoms with Crippen LogP contribution in [-0.4, -0.2) is 70.9 Å². The minimum Gasteiger partial charge on any atom is -0.369 e. The van der Waals surface area contributed by atoms with Gasteiger partial charge in [-0.15, -0.1) is 0 Å². The molecule has 2 bridgehead atoms. The van der Waals surface area contributed by atoms with Gasteiger partial charge in [-0.3, -0.25) is 19.5 Å². The van der Waals surface area contributed by atoms with E-state index in [9.17, 15) is 14.7 Å². The van der Waals surface area contributed by atoms with Crippen LogP contribution in [0.5, 0.6) is 0 Å². The van der Waals surface area contributed by atoms with E-state index in [-0.39, 0.29) is 11.9 Å². The lowest BCUT2D eigenvalue weighted by Crippen LogP contribution is -2.48. The van der Waals surface area contributed by atoms with Gasteiger partial charge in [0.05, 0.1) is 11.8 Å². The number of primary amides is 1. The molecular formula is C22H24N4O3. The summed E-state index contributed by atoms with van der Waals surface area (Å²) in [5.74, 6) is 5.96. The van der Waals surface area contributed by atoms with Crippen LogP contribution < -0.4 is 5.73 Å². The third kappa shape index (κ3) is 2.63. The summed E-state index contributed by atoms with van der Waals surface area (Å²) in [7, 11) is 3.58. The second kappa shape index (κ2) is 6.15. The van der Waals surface area contributed by atoms with E-state index in [1.165, 1.54) is 10.5 Å². The molecule has 2 fully saturated rings. The number of rotatable bonds is 1. The Labute approximate surface area is 169 Å². The first-order chi connectivity index (χ1) is 13.8. The number of aliphatic imine (C=N–C) groups is 1. The van der Waals surface area contributed by atoms with Crippen LogP contribution in [0, 0.1) is 17.8 Å². The predicted molar refractivity (Wildman–Crippen MR) is 107 cm³/mol. The smallest absolute Gasteiger partial charge is 0.267 e. The van der Waals surface area contributed by atoms with Gasteiger partial charge >= 0.3 is 0 Å². The van der Waals surface area contributed by atoms with Crippen LogP contribution in [0.4, 0.5) is 0 Å². The van der Waals surface area contributed by atoms with Crippen LogP contribution in [-0.2, 0) is 9.59 Å². The van der Waals surface area contributed by atoms with Crippen LogP contribution >= 0.6 is 0 Å². The van der Waals surface area contributed by atoms with Crippen molar-refractivity contribution in [1.82, 2.24) is 9.80 Å². The minimum absolute atomic E-state index is 0.0856. The maximum atomic E-state index is 12.2. The Morgan fingerprint density at radius 1 is 1.34 bits per heavy atom. The summed E-state index contributed by atoms with van der Waals surface area (Å²) in [5, 5.41) is 10.6. The lowest BCUT2D eigenvalue weighted by Gasteiger charge is -2.39. The molecule has 0 spiro atoms. The molecule has 0 radical (unpaired) electrons. The second-order valence-electron chi connectivity index (χ2n) is 8.72. The largest absolute Gasteiger partial charge is 0.369 e. The molecule has 1 saturated carbocycles. The van der Waals surface area contributed by atoms with Crippen molar-refractivity contribution in [3.05, 3.63) is 34.9 Å². The number of amides is 2. The lowest BCUT2D eigenvalue weighted by molar-refractivity contribution is -0.137. The van der Waals surface area contributed by atoms with Crippen molar-refractivity contribution in [3.63, 3.8) is 0 Å². The summed E-state index contributed by atoms with van der Waals surface area (Å²) in [4.78, 5) is 32.2. The number of likely N-dealkylation sites (tertiary alicyclic amines) is 1. The Morgan fingerprint density at radius 3 is 2.76 bits per heavy atom. The van der Waals surface area contributed by atoms with Crippen molar-refractivity contribution in [2.24, 2.45) is 16.6 Å². The van der Waals surface area contributed by atoms with Crippen molar-refractivity contribution in [1.29, 1.82) is 0 Å². The highest BCUT2D eigenvalue weighted by Gasteiger charge is 2.50. The van der Waals surface area contributed by atoms with Crippen molar-refractivity contribution in [2.75, 3.05) is 20.6 Å². The lowest BCUT2D eigenvalue weighted by atomic mass is 9.70. The molecule has 2 heterocycles. The van der Waals surface area contributed by atoms with E-state index in [0.717, 1.165) is 29.7 Å². The molecule has 2 aliphatic heterocycles. The molecular weight excluding hydrogens is 368 g/mol. The second-order valence-corrected chi connectivity index (χ2v) is 8.72. The Hall–Kier alpha value is -2.69. The molecule has 3 aliphatic carbocycles.